The summed E-state index contributed by atoms with van der Waals surface area (Å²) in [4.78, 5) is 0. The fourth-order valence-electron chi connectivity index (χ4n) is 2.70. The Bertz CT molecular complexity index is 593. The monoisotopic (exact) mass is 330 g/mol. The molecule has 0 radical (unpaired) electrons. The minimum atomic E-state index is 0.314. The lowest BCUT2D eigenvalue weighted by atomic mass is 10.1. The van der Waals surface area contributed by atoms with E-state index in [-0.39, 0.29) is 0 Å². The molecule has 7 heteroatoms. The molecule has 2 aliphatic heterocycles. The summed E-state index contributed by atoms with van der Waals surface area (Å²) < 4.78 is 8.53. The van der Waals surface area contributed by atoms with Crippen LogP contribution in [-0.4, -0.2) is 18.6 Å². The highest BCUT2D eigenvalue weighted by molar-refractivity contribution is 7.58. The maximum absolute atomic E-state index is 6.30. The molecular weight excluding hydrogens is 315 g/mol. The summed E-state index contributed by atoms with van der Waals surface area (Å²) in [5.74, 6) is 0. The van der Waals surface area contributed by atoms with Gasteiger partial charge in [-0.25, -0.2) is 0 Å². The van der Waals surface area contributed by atoms with Gasteiger partial charge in [-0.2, -0.15) is 8.73 Å². The van der Waals surface area contributed by atoms with Crippen LogP contribution in [0, 0.1) is 0 Å². The third kappa shape index (κ3) is 2.86. The molecule has 108 valence electrons. The van der Waals surface area contributed by atoms with Crippen molar-refractivity contribution in [1.29, 1.82) is 0 Å². The van der Waals surface area contributed by atoms with Crippen LogP contribution in [0.2, 0.25) is 10.0 Å². The molecule has 0 aliphatic carbocycles. The van der Waals surface area contributed by atoms with E-state index in [1.807, 2.05) is 0 Å². The van der Waals surface area contributed by atoms with E-state index in [0.717, 1.165) is 41.4 Å². The Labute approximate surface area is 132 Å². The fraction of sp³-hybridized carbons (Fsp3) is 0.538. The topological polar surface area (TPSA) is 48.8 Å². The molecule has 2 unspecified atom stereocenters. The van der Waals surface area contributed by atoms with Gasteiger partial charge in [0.15, 0.2) is 0 Å². The maximum atomic E-state index is 6.30. The lowest BCUT2D eigenvalue weighted by molar-refractivity contribution is 0.523. The van der Waals surface area contributed by atoms with Gasteiger partial charge in [-0.3, -0.25) is 0 Å². The lowest BCUT2D eigenvalue weighted by Crippen LogP contribution is -2.29. The van der Waals surface area contributed by atoms with E-state index in [4.69, 9.17) is 23.2 Å². The average Bonchev–Trinajstić information content (AvgIpc) is 3.04. The second-order valence-electron chi connectivity index (χ2n) is 5.25. The van der Waals surface area contributed by atoms with Crippen molar-refractivity contribution in [3.63, 3.8) is 0 Å². The summed E-state index contributed by atoms with van der Waals surface area (Å²) in [6.45, 7) is 3.29. The van der Waals surface area contributed by atoms with Gasteiger partial charge in [-0.05, 0) is 38.8 Å². The van der Waals surface area contributed by atoms with Gasteiger partial charge in [-0.1, -0.05) is 23.2 Å². The van der Waals surface area contributed by atoms with Crippen LogP contribution in [-0.2, 0) is 11.4 Å². The highest BCUT2D eigenvalue weighted by Crippen LogP contribution is 2.47. The Morgan fingerprint density at radius 3 is 2.95 bits per heavy atom. The third-order valence-electron chi connectivity index (χ3n) is 3.64. The van der Waals surface area contributed by atoms with E-state index in [9.17, 15) is 0 Å². The SMILES string of the molecule is CC(CC1CCCN1)Nc1c(Cl)cc(Cl)c2c1N=S=N2. The van der Waals surface area contributed by atoms with Crippen LogP contribution >= 0.6 is 23.2 Å². The Hall–Kier alpha value is -0.620. The largest absolute Gasteiger partial charge is 0.379 e. The Morgan fingerprint density at radius 2 is 2.20 bits per heavy atom. The van der Waals surface area contributed by atoms with Gasteiger partial charge in [-0.15, -0.1) is 0 Å². The van der Waals surface area contributed by atoms with Gasteiger partial charge in [0, 0.05) is 12.1 Å². The molecular formula is C13H16Cl2N4S. The molecule has 4 nitrogen and oxygen atoms in total. The Morgan fingerprint density at radius 1 is 1.40 bits per heavy atom. The Balaban J connectivity index is 1.77. The zero-order valence-electron chi connectivity index (χ0n) is 11.1. The van der Waals surface area contributed by atoms with Gasteiger partial charge in [0.2, 0.25) is 0 Å². The number of nitrogens with one attached hydrogen (secondary N) is 2. The number of benzene rings is 1. The first-order valence-corrected chi connectivity index (χ1v) is 8.24. The van der Waals surface area contributed by atoms with Crippen molar-refractivity contribution in [3.8, 4) is 0 Å². The first-order valence-electron chi connectivity index (χ1n) is 6.75. The number of rotatable bonds is 4. The molecule has 2 heterocycles. The van der Waals surface area contributed by atoms with Crippen molar-refractivity contribution >= 4 is 51.6 Å². The van der Waals surface area contributed by atoms with E-state index in [0.29, 0.717) is 22.1 Å². The summed E-state index contributed by atoms with van der Waals surface area (Å²) in [6, 6.07) is 2.64. The molecule has 1 saturated heterocycles. The van der Waals surface area contributed by atoms with E-state index < -0.39 is 0 Å². The number of fused-ring (bicyclic) bond motifs is 1. The predicted octanol–water partition coefficient (Wildman–Crippen LogP) is 4.66. The number of halogens is 2. The lowest BCUT2D eigenvalue weighted by Gasteiger charge is -2.21. The summed E-state index contributed by atoms with van der Waals surface area (Å²) in [5, 5.41) is 8.13. The number of nitrogens with zero attached hydrogens (tertiary/aromatic N) is 2. The van der Waals surface area contributed by atoms with Gasteiger partial charge < -0.3 is 10.6 Å². The minimum Gasteiger partial charge on any atom is -0.379 e. The van der Waals surface area contributed by atoms with Crippen molar-refractivity contribution in [2.75, 3.05) is 11.9 Å². The van der Waals surface area contributed by atoms with Crippen molar-refractivity contribution in [2.45, 2.75) is 38.3 Å². The number of hydrogen-bond donors (Lipinski definition) is 2. The van der Waals surface area contributed by atoms with Crippen LogP contribution in [0.3, 0.4) is 0 Å². The van der Waals surface area contributed by atoms with Crippen molar-refractivity contribution < 1.29 is 0 Å². The smallest absolute Gasteiger partial charge is 0.130 e. The third-order valence-corrected chi connectivity index (χ3v) is 4.75. The molecule has 1 aromatic rings. The van der Waals surface area contributed by atoms with E-state index in [2.05, 4.69) is 26.3 Å². The molecule has 0 bridgehead atoms. The second kappa shape index (κ2) is 6.02. The van der Waals surface area contributed by atoms with Crippen LogP contribution < -0.4 is 10.6 Å². The van der Waals surface area contributed by atoms with Crippen LogP contribution in [0.25, 0.3) is 0 Å². The van der Waals surface area contributed by atoms with Gasteiger partial charge in [0.25, 0.3) is 0 Å². The summed E-state index contributed by atoms with van der Waals surface area (Å²) in [7, 11) is 0. The summed E-state index contributed by atoms with van der Waals surface area (Å²) in [6.07, 6.45) is 3.57. The fourth-order valence-corrected chi connectivity index (χ4v) is 3.87. The van der Waals surface area contributed by atoms with Gasteiger partial charge in [0.1, 0.15) is 11.4 Å². The molecule has 1 aromatic carbocycles. The summed E-state index contributed by atoms with van der Waals surface area (Å²) >= 11 is 13.6. The van der Waals surface area contributed by atoms with Crippen LogP contribution in [0.1, 0.15) is 26.2 Å². The molecule has 0 aromatic heterocycles. The zero-order valence-corrected chi connectivity index (χ0v) is 13.4. The highest BCUT2D eigenvalue weighted by atomic mass is 35.5. The van der Waals surface area contributed by atoms with Crippen LogP contribution in [0.15, 0.2) is 14.8 Å². The Kier molecular flexibility index (Phi) is 4.31. The first kappa shape index (κ1) is 14.3. The molecule has 0 saturated carbocycles. The molecule has 2 atom stereocenters. The van der Waals surface area contributed by atoms with Crippen LogP contribution in [0.4, 0.5) is 17.1 Å². The van der Waals surface area contributed by atoms with Gasteiger partial charge in [0.05, 0.1) is 27.1 Å². The number of hydrogen-bond acceptors (Lipinski definition) is 4. The van der Waals surface area contributed by atoms with Crippen molar-refractivity contribution in [3.05, 3.63) is 16.1 Å². The first-order chi connectivity index (χ1) is 9.65. The molecule has 20 heavy (non-hydrogen) atoms. The zero-order chi connectivity index (χ0) is 14.1. The predicted molar refractivity (Wildman–Crippen MR) is 86.7 cm³/mol. The van der Waals surface area contributed by atoms with Crippen molar-refractivity contribution in [2.24, 2.45) is 8.73 Å². The second-order valence-corrected chi connectivity index (χ2v) is 6.59. The van der Waals surface area contributed by atoms with E-state index >= 15 is 0 Å². The molecule has 0 amide bonds. The van der Waals surface area contributed by atoms with E-state index in [1.54, 1.807) is 6.07 Å². The molecule has 2 N–H and O–H groups in total. The average molecular weight is 331 g/mol. The van der Waals surface area contributed by atoms with E-state index in [1.165, 1.54) is 12.8 Å². The maximum Gasteiger partial charge on any atom is 0.130 e. The molecule has 1 fully saturated rings. The minimum absolute atomic E-state index is 0.314. The van der Waals surface area contributed by atoms with Crippen molar-refractivity contribution in [1.82, 2.24) is 5.32 Å². The standard InChI is InChI=1S/C13H16Cl2N4S/c1-7(5-8-3-2-4-16-8)17-11-9(14)6-10(15)12-13(11)19-20-18-12/h6-8,16-17H,2-5H2,1H3. The van der Waals surface area contributed by atoms with Gasteiger partial charge >= 0.3 is 0 Å². The highest BCUT2D eigenvalue weighted by Gasteiger charge is 2.22. The molecule has 2 aliphatic rings. The number of anilines is 1. The van der Waals surface area contributed by atoms with Crippen LogP contribution in [0.5, 0.6) is 0 Å². The normalized spacial score (nSPS) is 21.6. The quantitative estimate of drug-likeness (QED) is 0.856. The molecule has 3 rings (SSSR count). The molecule has 0 spiro atoms. The summed E-state index contributed by atoms with van der Waals surface area (Å²) in [5.41, 5.74) is 2.32.